The van der Waals surface area contributed by atoms with E-state index in [1.807, 2.05) is 0 Å². The zero-order valence-corrected chi connectivity index (χ0v) is 64.1. The molecule has 6 heterocycles. The number of rotatable bonds is 8. The fourth-order valence-corrected chi connectivity index (χ4v) is 19.9. The summed E-state index contributed by atoms with van der Waals surface area (Å²) in [6.07, 6.45) is 0. The lowest BCUT2D eigenvalue weighted by Crippen LogP contribution is -1.96. The average molecular weight is 1500 g/mol. The molecule has 26 rings (SSSR count). The first-order chi connectivity index (χ1) is 58.5. The minimum Gasteiger partial charge on any atom is -0.309 e. The normalized spacial score (nSPS) is 12.1. The number of hydrogen-bond donors (Lipinski definition) is 0. The number of fused-ring (bicyclic) bond motifs is 22. The summed E-state index contributed by atoms with van der Waals surface area (Å²) in [5, 5.41) is 24.9. The zero-order valence-electron chi connectivity index (χ0n) is 64.1. The van der Waals surface area contributed by atoms with Crippen molar-refractivity contribution in [3.05, 3.63) is 425 Å². The minimum absolute atomic E-state index is 1.16. The first-order valence-electron chi connectivity index (χ1n) is 40.7. The van der Waals surface area contributed by atoms with Crippen molar-refractivity contribution >= 4 is 174 Å². The molecule has 0 fully saturated rings. The summed E-state index contributed by atoms with van der Waals surface area (Å²) in [5.41, 5.74) is 26.2. The van der Waals surface area contributed by atoms with Gasteiger partial charge in [0.2, 0.25) is 0 Å². The summed E-state index contributed by atoms with van der Waals surface area (Å²) in [5.74, 6) is 0. The van der Waals surface area contributed by atoms with Crippen LogP contribution in [0.4, 0.5) is 0 Å². The summed E-state index contributed by atoms with van der Waals surface area (Å²) >= 11 is 0. The van der Waals surface area contributed by atoms with Crippen LogP contribution < -0.4 is 0 Å². The number of aromatic nitrogens is 6. The molecular formula is C112H70N6. The van der Waals surface area contributed by atoms with Crippen LogP contribution >= 0.6 is 0 Å². The van der Waals surface area contributed by atoms with Gasteiger partial charge >= 0.3 is 0 Å². The maximum Gasteiger partial charge on any atom is 0.0562 e. The quantitative estimate of drug-likeness (QED) is 0.145. The number of hydrogen-bond acceptors (Lipinski definition) is 0. The Kier molecular flexibility index (Phi) is 14.4. The maximum absolute atomic E-state index is 2.49. The van der Waals surface area contributed by atoms with E-state index in [-0.39, 0.29) is 0 Å². The molecule has 0 aliphatic carbocycles. The third kappa shape index (κ3) is 10.00. The predicted octanol–water partition coefficient (Wildman–Crippen LogP) is 29.9. The van der Waals surface area contributed by atoms with Crippen molar-refractivity contribution in [1.29, 1.82) is 0 Å². The van der Waals surface area contributed by atoms with E-state index in [9.17, 15) is 0 Å². The molecule has 0 N–H and O–H groups in total. The second-order valence-electron chi connectivity index (χ2n) is 31.5. The van der Waals surface area contributed by atoms with Crippen molar-refractivity contribution in [2.24, 2.45) is 0 Å². The van der Waals surface area contributed by atoms with Gasteiger partial charge in [0, 0.05) is 98.2 Å². The Morgan fingerprint density at radius 3 is 0.788 bits per heavy atom. The largest absolute Gasteiger partial charge is 0.309 e. The van der Waals surface area contributed by atoms with Crippen LogP contribution in [0, 0.1) is 0 Å². The summed E-state index contributed by atoms with van der Waals surface area (Å²) in [6.45, 7) is 0. The summed E-state index contributed by atoms with van der Waals surface area (Å²) in [6, 6.07) is 156. The van der Waals surface area contributed by atoms with E-state index in [1.54, 1.807) is 0 Å². The van der Waals surface area contributed by atoms with Crippen LogP contribution in [0.15, 0.2) is 425 Å². The van der Waals surface area contributed by atoms with E-state index < -0.39 is 0 Å². The van der Waals surface area contributed by atoms with Crippen LogP contribution in [0.25, 0.3) is 230 Å². The zero-order chi connectivity index (χ0) is 77.2. The van der Waals surface area contributed by atoms with Crippen LogP contribution in [0.5, 0.6) is 0 Å². The smallest absolute Gasteiger partial charge is 0.0562 e. The summed E-state index contributed by atoms with van der Waals surface area (Å²) in [7, 11) is 0. The highest BCUT2D eigenvalue weighted by molar-refractivity contribution is 6.23. The molecule has 0 amide bonds. The van der Waals surface area contributed by atoms with E-state index in [0.29, 0.717) is 0 Å². The molecule has 20 aromatic carbocycles. The third-order valence-electron chi connectivity index (χ3n) is 25.2. The Hall–Kier alpha value is -15.8. The first kappa shape index (κ1) is 65.8. The molecule has 6 aromatic heterocycles. The van der Waals surface area contributed by atoms with Gasteiger partial charge in [0.1, 0.15) is 0 Å². The molecule has 548 valence electrons. The third-order valence-corrected chi connectivity index (χ3v) is 25.2. The number of nitrogens with zero attached hydrogens (tertiary/aromatic N) is 6. The molecule has 0 atom stereocenters. The van der Waals surface area contributed by atoms with Crippen LogP contribution in [0.3, 0.4) is 0 Å². The van der Waals surface area contributed by atoms with E-state index in [1.165, 1.54) is 219 Å². The standard InChI is InChI=1S/2C56H35N3/c1-2-17-41(18-3-1)57-51-22-10-9-21-45(51)48-34-56-49(35-55(48)57)47-33-40(27-30-54(47)59(56)50-24-12-16-37-14-6-7-19-43(37)50)39-26-29-53-46(32-39)44-20-8-11-23-52(44)58(53)42-28-25-36-13-4-5-15-38(36)31-42;1-2-17-41(18-3-1)57-51-22-10-9-21-45(51)48-34-49-47-33-40(27-30-54(47)59(56(49)35-55(48)57)50-24-12-16-37-14-6-7-19-43(37)50)39-26-29-53-46(32-39)44-20-8-11-23-52(44)58(53)42-28-25-36-13-4-5-15-38(36)31-42/h2*1-35H. The first-order valence-corrected chi connectivity index (χ1v) is 40.7. The van der Waals surface area contributed by atoms with Gasteiger partial charge in [-0.2, -0.15) is 0 Å². The van der Waals surface area contributed by atoms with Gasteiger partial charge in [0.05, 0.1) is 77.6 Å². The molecule has 0 spiro atoms. The highest BCUT2D eigenvalue weighted by atomic mass is 15.0. The molecule has 6 heteroatoms. The van der Waals surface area contributed by atoms with Crippen molar-refractivity contribution in [3.63, 3.8) is 0 Å². The lowest BCUT2D eigenvalue weighted by atomic mass is 10.00. The molecule has 118 heavy (non-hydrogen) atoms. The monoisotopic (exact) mass is 1500 g/mol. The molecule has 0 aliphatic heterocycles. The lowest BCUT2D eigenvalue weighted by Gasteiger charge is -2.13. The molecule has 0 bridgehead atoms. The molecule has 0 saturated carbocycles. The Labute approximate surface area is 677 Å². The van der Waals surface area contributed by atoms with Crippen LogP contribution in [-0.2, 0) is 0 Å². The van der Waals surface area contributed by atoms with Crippen molar-refractivity contribution in [3.8, 4) is 56.4 Å². The van der Waals surface area contributed by atoms with E-state index in [0.717, 1.165) is 11.4 Å². The van der Waals surface area contributed by atoms with Gasteiger partial charge in [-0.25, -0.2) is 0 Å². The molecular weight excluding hydrogens is 1430 g/mol. The fourth-order valence-electron chi connectivity index (χ4n) is 19.9. The molecule has 0 radical (unpaired) electrons. The fraction of sp³-hybridized carbons (Fsp3) is 0. The number of benzene rings is 20. The number of para-hydroxylation sites is 6. The average Bonchev–Trinajstić information content (AvgIpc) is 1.56. The van der Waals surface area contributed by atoms with Crippen LogP contribution in [-0.4, -0.2) is 27.4 Å². The van der Waals surface area contributed by atoms with Gasteiger partial charge in [-0.1, -0.05) is 267 Å². The molecule has 0 unspecified atom stereocenters. The minimum atomic E-state index is 1.16. The summed E-state index contributed by atoms with van der Waals surface area (Å²) < 4.78 is 14.7. The second kappa shape index (κ2) is 25.9. The second-order valence-corrected chi connectivity index (χ2v) is 31.5. The van der Waals surface area contributed by atoms with E-state index in [2.05, 4.69) is 452 Å². The van der Waals surface area contributed by atoms with Crippen LogP contribution in [0.1, 0.15) is 0 Å². The maximum atomic E-state index is 2.49. The molecule has 26 aromatic rings. The summed E-state index contributed by atoms with van der Waals surface area (Å²) in [4.78, 5) is 0. The van der Waals surface area contributed by atoms with Gasteiger partial charge in [-0.15, -0.1) is 0 Å². The van der Waals surface area contributed by atoms with Gasteiger partial charge in [-0.05, 0) is 212 Å². The van der Waals surface area contributed by atoms with Gasteiger partial charge in [-0.3, -0.25) is 0 Å². The predicted molar refractivity (Wildman–Crippen MR) is 500 cm³/mol. The van der Waals surface area contributed by atoms with Gasteiger partial charge in [0.25, 0.3) is 0 Å². The van der Waals surface area contributed by atoms with Crippen LogP contribution in [0.2, 0.25) is 0 Å². The van der Waals surface area contributed by atoms with Crippen molar-refractivity contribution in [2.75, 3.05) is 0 Å². The van der Waals surface area contributed by atoms with E-state index >= 15 is 0 Å². The molecule has 0 aliphatic rings. The Balaban J connectivity index is 0.000000131. The Morgan fingerprint density at radius 1 is 0.110 bits per heavy atom. The van der Waals surface area contributed by atoms with Crippen molar-refractivity contribution < 1.29 is 0 Å². The highest BCUT2D eigenvalue weighted by Gasteiger charge is 2.25. The highest BCUT2D eigenvalue weighted by Crippen LogP contribution is 2.47. The molecule has 0 saturated heterocycles. The SMILES string of the molecule is c1ccc(-n2c3ccccc3c3cc4c(cc32)c2cc(-c3ccc5c(c3)c3ccccc3n5-c3ccc5ccccc5c3)ccc2n4-c2cccc3ccccc23)cc1.c1ccc(-n2c3ccccc3c3cc4c5cc(-c6ccc7c(c6)c6ccccc6n7-c6ccc7ccccc7c6)ccc5n(-c5cccc6ccccc56)c4cc32)cc1. The van der Waals surface area contributed by atoms with Crippen molar-refractivity contribution in [1.82, 2.24) is 27.4 Å². The lowest BCUT2D eigenvalue weighted by molar-refractivity contribution is 1.17. The van der Waals surface area contributed by atoms with E-state index in [4.69, 9.17) is 0 Å². The van der Waals surface area contributed by atoms with Gasteiger partial charge in [0.15, 0.2) is 0 Å². The van der Waals surface area contributed by atoms with Crippen molar-refractivity contribution in [2.45, 2.75) is 0 Å². The topological polar surface area (TPSA) is 29.6 Å². The molecule has 6 nitrogen and oxygen atoms in total. The Morgan fingerprint density at radius 2 is 0.373 bits per heavy atom. The van der Waals surface area contributed by atoms with Gasteiger partial charge < -0.3 is 27.4 Å². The Bertz CT molecular complexity index is 8670.